The summed E-state index contributed by atoms with van der Waals surface area (Å²) in [6.07, 6.45) is 3.20. The zero-order valence-electron chi connectivity index (χ0n) is 10.3. The van der Waals surface area contributed by atoms with E-state index in [4.69, 9.17) is 18.0 Å². The highest BCUT2D eigenvalue weighted by molar-refractivity contribution is 9.10. The van der Waals surface area contributed by atoms with Gasteiger partial charge < -0.3 is 11.1 Å². The topological polar surface area (TPSA) is 63.8 Å². The third-order valence-electron chi connectivity index (χ3n) is 2.62. The number of rotatable bonds is 4. The molecule has 2 rings (SSSR count). The molecule has 0 amide bonds. The molecule has 98 valence electrons. The molecule has 0 aliphatic carbocycles. The van der Waals surface area contributed by atoms with Gasteiger partial charge in [-0.15, -0.1) is 0 Å². The monoisotopic (exact) mass is 336 g/mol. The van der Waals surface area contributed by atoms with Crippen molar-refractivity contribution >= 4 is 39.0 Å². The van der Waals surface area contributed by atoms with E-state index in [0.29, 0.717) is 11.5 Å². The van der Waals surface area contributed by atoms with E-state index in [1.807, 2.05) is 12.1 Å². The van der Waals surface area contributed by atoms with Crippen molar-refractivity contribution in [3.05, 3.63) is 52.4 Å². The molecule has 0 spiro atoms. The number of anilines is 1. The molecule has 1 atom stereocenters. The minimum atomic E-state index is 0.127. The van der Waals surface area contributed by atoms with Gasteiger partial charge in [-0.3, -0.25) is 0 Å². The number of hydrogen-bond donors (Lipinski definition) is 2. The van der Waals surface area contributed by atoms with Crippen LogP contribution in [0.2, 0.25) is 0 Å². The highest BCUT2D eigenvalue weighted by atomic mass is 79.9. The van der Waals surface area contributed by atoms with Crippen LogP contribution < -0.4 is 11.1 Å². The van der Waals surface area contributed by atoms with Gasteiger partial charge in [-0.1, -0.05) is 40.3 Å². The predicted octanol–water partition coefficient (Wildman–Crippen LogP) is 3.05. The standard InChI is InChI=1S/C13H13BrN4S/c1-8(9-3-2-4-10(14)5-9)18-12-7-16-11(6-17-12)13(15)19/h2-8H,1H3,(H2,15,19)(H,17,18). The van der Waals surface area contributed by atoms with Gasteiger partial charge in [0.25, 0.3) is 0 Å². The van der Waals surface area contributed by atoms with Crippen molar-refractivity contribution in [1.82, 2.24) is 9.97 Å². The number of nitrogens with two attached hydrogens (primary N) is 1. The minimum Gasteiger partial charge on any atom is -0.388 e. The summed E-state index contributed by atoms with van der Waals surface area (Å²) in [6, 6.07) is 8.24. The first-order chi connectivity index (χ1) is 9.06. The molecule has 1 heterocycles. The second kappa shape index (κ2) is 6.08. The van der Waals surface area contributed by atoms with Gasteiger partial charge in [-0.25, -0.2) is 9.97 Å². The Morgan fingerprint density at radius 2 is 2.16 bits per heavy atom. The largest absolute Gasteiger partial charge is 0.388 e. The summed E-state index contributed by atoms with van der Waals surface area (Å²) in [4.78, 5) is 8.63. The third kappa shape index (κ3) is 3.71. The second-order valence-electron chi connectivity index (χ2n) is 4.07. The first-order valence-corrected chi connectivity index (χ1v) is 6.90. The smallest absolute Gasteiger partial charge is 0.144 e. The van der Waals surface area contributed by atoms with E-state index < -0.39 is 0 Å². The van der Waals surface area contributed by atoms with Gasteiger partial charge in [0.1, 0.15) is 16.5 Å². The van der Waals surface area contributed by atoms with Crippen LogP contribution in [0.4, 0.5) is 5.82 Å². The molecule has 0 radical (unpaired) electrons. The van der Waals surface area contributed by atoms with Crippen molar-refractivity contribution in [2.24, 2.45) is 5.73 Å². The van der Waals surface area contributed by atoms with E-state index in [9.17, 15) is 0 Å². The van der Waals surface area contributed by atoms with E-state index >= 15 is 0 Å². The fourth-order valence-electron chi connectivity index (χ4n) is 1.61. The predicted molar refractivity (Wildman–Crippen MR) is 84.1 cm³/mol. The Balaban J connectivity index is 2.10. The van der Waals surface area contributed by atoms with Crippen molar-refractivity contribution < 1.29 is 0 Å². The van der Waals surface area contributed by atoms with Crippen molar-refractivity contribution in [2.75, 3.05) is 5.32 Å². The molecule has 3 N–H and O–H groups in total. The maximum absolute atomic E-state index is 5.48. The van der Waals surface area contributed by atoms with Crippen molar-refractivity contribution in [3.63, 3.8) is 0 Å². The van der Waals surface area contributed by atoms with E-state index in [1.165, 1.54) is 0 Å². The fraction of sp³-hybridized carbons (Fsp3) is 0.154. The van der Waals surface area contributed by atoms with Gasteiger partial charge in [0.05, 0.1) is 18.4 Å². The van der Waals surface area contributed by atoms with Gasteiger partial charge in [0.2, 0.25) is 0 Å². The molecule has 1 unspecified atom stereocenters. The van der Waals surface area contributed by atoms with Crippen LogP contribution in [-0.4, -0.2) is 15.0 Å². The summed E-state index contributed by atoms with van der Waals surface area (Å²) in [5.74, 6) is 0.687. The van der Waals surface area contributed by atoms with E-state index in [2.05, 4.69) is 50.3 Å². The van der Waals surface area contributed by atoms with Crippen LogP contribution in [0.3, 0.4) is 0 Å². The van der Waals surface area contributed by atoms with Crippen LogP contribution in [0.15, 0.2) is 41.1 Å². The average Bonchev–Trinajstić information content (AvgIpc) is 2.39. The van der Waals surface area contributed by atoms with E-state index in [1.54, 1.807) is 12.4 Å². The Morgan fingerprint density at radius 3 is 2.74 bits per heavy atom. The van der Waals surface area contributed by atoms with Crippen LogP contribution in [0.25, 0.3) is 0 Å². The van der Waals surface area contributed by atoms with E-state index in [-0.39, 0.29) is 11.0 Å². The summed E-state index contributed by atoms with van der Waals surface area (Å²) >= 11 is 8.29. The lowest BCUT2D eigenvalue weighted by atomic mass is 10.1. The number of halogens is 1. The molecule has 0 aliphatic rings. The molecule has 6 heteroatoms. The Hall–Kier alpha value is -1.53. The molecule has 4 nitrogen and oxygen atoms in total. The van der Waals surface area contributed by atoms with Crippen LogP contribution in [0, 0.1) is 0 Å². The van der Waals surface area contributed by atoms with Gasteiger partial charge in [0.15, 0.2) is 0 Å². The number of nitrogens with one attached hydrogen (secondary N) is 1. The van der Waals surface area contributed by atoms with Crippen molar-refractivity contribution in [3.8, 4) is 0 Å². The highest BCUT2D eigenvalue weighted by Crippen LogP contribution is 2.20. The average molecular weight is 337 g/mol. The molecule has 19 heavy (non-hydrogen) atoms. The summed E-state index contributed by atoms with van der Waals surface area (Å²) in [5.41, 5.74) is 7.16. The normalized spacial score (nSPS) is 11.9. The quantitative estimate of drug-likeness (QED) is 0.840. The van der Waals surface area contributed by atoms with Gasteiger partial charge >= 0.3 is 0 Å². The van der Waals surface area contributed by atoms with Crippen molar-refractivity contribution in [1.29, 1.82) is 0 Å². The highest BCUT2D eigenvalue weighted by Gasteiger charge is 2.07. The summed E-state index contributed by atoms with van der Waals surface area (Å²) in [7, 11) is 0. The SMILES string of the molecule is CC(Nc1cnc(C(N)=S)cn1)c1cccc(Br)c1. The van der Waals surface area contributed by atoms with Crippen LogP contribution in [0.1, 0.15) is 24.2 Å². The lowest BCUT2D eigenvalue weighted by Gasteiger charge is -2.15. The number of benzene rings is 1. The molecule has 0 aliphatic heterocycles. The Kier molecular flexibility index (Phi) is 4.44. The van der Waals surface area contributed by atoms with Crippen LogP contribution in [0.5, 0.6) is 0 Å². The van der Waals surface area contributed by atoms with Crippen LogP contribution in [-0.2, 0) is 0 Å². The minimum absolute atomic E-state index is 0.127. The Morgan fingerprint density at radius 1 is 1.37 bits per heavy atom. The van der Waals surface area contributed by atoms with Crippen molar-refractivity contribution in [2.45, 2.75) is 13.0 Å². The molecule has 0 saturated heterocycles. The molecular weight excluding hydrogens is 324 g/mol. The van der Waals surface area contributed by atoms with Gasteiger partial charge in [-0.2, -0.15) is 0 Å². The second-order valence-corrected chi connectivity index (χ2v) is 5.43. The lowest BCUT2D eigenvalue weighted by molar-refractivity contribution is 0.870. The van der Waals surface area contributed by atoms with E-state index in [0.717, 1.165) is 10.0 Å². The molecule has 2 aromatic rings. The maximum Gasteiger partial charge on any atom is 0.144 e. The number of aromatic nitrogens is 2. The molecule has 0 bridgehead atoms. The number of nitrogens with zero attached hydrogens (tertiary/aromatic N) is 2. The summed E-state index contributed by atoms with van der Waals surface area (Å²) in [5, 5.41) is 3.27. The fourth-order valence-corrected chi connectivity index (χ4v) is 2.13. The maximum atomic E-state index is 5.48. The van der Waals surface area contributed by atoms with Crippen LogP contribution >= 0.6 is 28.1 Å². The summed E-state index contributed by atoms with van der Waals surface area (Å²) < 4.78 is 1.05. The Bertz CT molecular complexity index is 585. The number of hydrogen-bond acceptors (Lipinski definition) is 4. The first kappa shape index (κ1) is 13.9. The molecular formula is C13H13BrN4S. The molecule has 1 aromatic carbocycles. The van der Waals surface area contributed by atoms with Gasteiger partial charge in [-0.05, 0) is 24.6 Å². The Labute approximate surface area is 125 Å². The first-order valence-electron chi connectivity index (χ1n) is 5.70. The van der Waals surface area contributed by atoms with Gasteiger partial charge in [0, 0.05) is 4.47 Å². The zero-order valence-corrected chi connectivity index (χ0v) is 12.7. The summed E-state index contributed by atoms with van der Waals surface area (Å²) in [6.45, 7) is 2.06. The third-order valence-corrected chi connectivity index (χ3v) is 3.32. The molecule has 0 saturated carbocycles. The molecule has 0 fully saturated rings. The molecule has 1 aromatic heterocycles. The lowest BCUT2D eigenvalue weighted by Crippen LogP contribution is -2.13. The number of thiocarbonyl (C=S) groups is 1. The zero-order chi connectivity index (χ0) is 13.8.